The average molecular weight is 346 g/mol. The number of ether oxygens (including phenoxy) is 3. The number of benzene rings is 1. The minimum atomic E-state index is -0.253. The van der Waals surface area contributed by atoms with Gasteiger partial charge in [-0.2, -0.15) is 0 Å². The maximum absolute atomic E-state index is 12.2. The Morgan fingerprint density at radius 3 is 2.00 bits per heavy atom. The first-order valence-electron chi connectivity index (χ1n) is 7.62. The fourth-order valence-corrected chi connectivity index (χ4v) is 2.32. The van der Waals surface area contributed by atoms with Crippen molar-refractivity contribution in [2.24, 2.45) is 0 Å². The molecule has 8 heteroatoms. The fourth-order valence-electron chi connectivity index (χ4n) is 2.32. The van der Waals surface area contributed by atoms with E-state index in [0.717, 1.165) is 11.4 Å². The largest absolute Gasteiger partial charge is 0.493 e. The summed E-state index contributed by atoms with van der Waals surface area (Å²) in [5, 5.41) is 5.67. The summed E-state index contributed by atoms with van der Waals surface area (Å²) in [6, 6.07) is 5.18. The van der Waals surface area contributed by atoms with Crippen LogP contribution in [-0.2, 0) is 4.79 Å². The molecule has 0 spiro atoms. The van der Waals surface area contributed by atoms with E-state index in [2.05, 4.69) is 20.6 Å². The summed E-state index contributed by atoms with van der Waals surface area (Å²) in [6.07, 6.45) is 0. The Hall–Kier alpha value is -3.03. The number of hydrogen-bond donors (Lipinski definition) is 2. The minimum absolute atomic E-state index is 0.0273. The van der Waals surface area contributed by atoms with Gasteiger partial charge in [0.1, 0.15) is 0 Å². The molecule has 2 rings (SSSR count). The highest BCUT2D eigenvalue weighted by atomic mass is 16.5. The first kappa shape index (κ1) is 18.3. The zero-order chi connectivity index (χ0) is 18.4. The van der Waals surface area contributed by atoms with Gasteiger partial charge in [0.2, 0.25) is 17.6 Å². The number of aryl methyl sites for hydroxylation is 2. The van der Waals surface area contributed by atoms with Crippen molar-refractivity contribution < 1.29 is 19.0 Å². The van der Waals surface area contributed by atoms with Gasteiger partial charge in [0.15, 0.2) is 11.5 Å². The molecule has 0 aliphatic carbocycles. The monoisotopic (exact) mass is 346 g/mol. The average Bonchev–Trinajstić information content (AvgIpc) is 2.58. The summed E-state index contributed by atoms with van der Waals surface area (Å²) in [5.41, 5.74) is 2.20. The van der Waals surface area contributed by atoms with Crippen LogP contribution in [0.2, 0.25) is 0 Å². The molecule has 8 nitrogen and oxygen atoms in total. The number of methoxy groups -OCH3 is 3. The van der Waals surface area contributed by atoms with Crippen LogP contribution in [0.4, 0.5) is 11.6 Å². The van der Waals surface area contributed by atoms with Gasteiger partial charge in [0, 0.05) is 29.2 Å². The lowest BCUT2D eigenvalue weighted by Gasteiger charge is -2.14. The molecule has 1 aromatic carbocycles. The van der Waals surface area contributed by atoms with E-state index in [1.807, 2.05) is 19.9 Å². The summed E-state index contributed by atoms with van der Waals surface area (Å²) in [6.45, 7) is 3.77. The Morgan fingerprint density at radius 1 is 0.960 bits per heavy atom. The van der Waals surface area contributed by atoms with Gasteiger partial charge in [-0.05, 0) is 19.9 Å². The van der Waals surface area contributed by atoms with Crippen molar-refractivity contribution in [2.45, 2.75) is 13.8 Å². The summed E-state index contributed by atoms with van der Waals surface area (Å²) in [5.74, 6) is 1.55. The van der Waals surface area contributed by atoms with Crippen LogP contribution in [0.15, 0.2) is 18.2 Å². The van der Waals surface area contributed by atoms with E-state index in [1.165, 1.54) is 21.3 Å². The molecular weight excluding hydrogens is 324 g/mol. The Bertz CT molecular complexity index is 719. The van der Waals surface area contributed by atoms with Crippen molar-refractivity contribution >= 4 is 17.5 Å². The summed E-state index contributed by atoms with van der Waals surface area (Å²) in [4.78, 5) is 20.6. The third-order valence-corrected chi connectivity index (χ3v) is 3.34. The minimum Gasteiger partial charge on any atom is -0.493 e. The predicted molar refractivity (Wildman–Crippen MR) is 94.7 cm³/mol. The molecule has 1 heterocycles. The second-order valence-corrected chi connectivity index (χ2v) is 5.29. The van der Waals surface area contributed by atoms with E-state index in [0.29, 0.717) is 28.9 Å². The zero-order valence-electron chi connectivity index (χ0n) is 15.0. The van der Waals surface area contributed by atoms with Crippen LogP contribution in [0.1, 0.15) is 11.4 Å². The molecule has 1 amide bonds. The second kappa shape index (κ2) is 8.18. The first-order chi connectivity index (χ1) is 12.0. The van der Waals surface area contributed by atoms with E-state index in [9.17, 15) is 4.79 Å². The van der Waals surface area contributed by atoms with Gasteiger partial charge >= 0.3 is 0 Å². The van der Waals surface area contributed by atoms with Crippen LogP contribution in [0.3, 0.4) is 0 Å². The summed E-state index contributed by atoms with van der Waals surface area (Å²) >= 11 is 0. The van der Waals surface area contributed by atoms with Gasteiger partial charge < -0.3 is 24.8 Å². The Morgan fingerprint density at radius 2 is 1.52 bits per heavy atom. The van der Waals surface area contributed by atoms with E-state index in [4.69, 9.17) is 14.2 Å². The maximum Gasteiger partial charge on any atom is 0.243 e. The van der Waals surface area contributed by atoms with Crippen LogP contribution in [0.25, 0.3) is 0 Å². The number of carbonyl (C=O) groups is 1. The standard InChI is InChI=1S/C17H22N4O4/c1-10-6-11(2)20-17(19-10)18-9-15(22)21-12-7-13(23-3)16(25-5)14(8-12)24-4/h6-8H,9H2,1-5H3,(H,21,22)(H,18,19,20). The van der Waals surface area contributed by atoms with Gasteiger partial charge in [0.25, 0.3) is 0 Å². The molecule has 0 aliphatic heterocycles. The van der Waals surface area contributed by atoms with Crippen LogP contribution in [-0.4, -0.2) is 43.7 Å². The molecule has 0 unspecified atom stereocenters. The highest BCUT2D eigenvalue weighted by Crippen LogP contribution is 2.39. The van der Waals surface area contributed by atoms with E-state index >= 15 is 0 Å². The van der Waals surface area contributed by atoms with Crippen LogP contribution in [0.5, 0.6) is 17.2 Å². The number of hydrogen-bond acceptors (Lipinski definition) is 7. The quantitative estimate of drug-likeness (QED) is 0.793. The summed E-state index contributed by atoms with van der Waals surface area (Å²) in [7, 11) is 4.55. The van der Waals surface area contributed by atoms with Gasteiger partial charge in [-0.3, -0.25) is 4.79 Å². The number of nitrogens with zero attached hydrogens (tertiary/aromatic N) is 2. The molecule has 2 N–H and O–H groups in total. The van der Waals surface area contributed by atoms with E-state index in [-0.39, 0.29) is 12.5 Å². The van der Waals surface area contributed by atoms with Gasteiger partial charge in [-0.15, -0.1) is 0 Å². The number of anilines is 2. The van der Waals surface area contributed by atoms with E-state index in [1.54, 1.807) is 12.1 Å². The summed E-state index contributed by atoms with van der Waals surface area (Å²) < 4.78 is 15.8. The Labute approximate surface area is 146 Å². The van der Waals surface area contributed by atoms with Crippen molar-refractivity contribution in [3.8, 4) is 17.2 Å². The van der Waals surface area contributed by atoms with Gasteiger partial charge in [-0.25, -0.2) is 9.97 Å². The molecular formula is C17H22N4O4. The normalized spacial score (nSPS) is 10.1. The lowest BCUT2D eigenvalue weighted by atomic mass is 10.2. The number of rotatable bonds is 7. The molecule has 0 bridgehead atoms. The second-order valence-electron chi connectivity index (χ2n) is 5.29. The first-order valence-corrected chi connectivity index (χ1v) is 7.62. The van der Waals surface area contributed by atoms with Crippen LogP contribution >= 0.6 is 0 Å². The molecule has 25 heavy (non-hydrogen) atoms. The molecule has 1 aromatic heterocycles. The van der Waals surface area contributed by atoms with Crippen LogP contribution in [0, 0.1) is 13.8 Å². The van der Waals surface area contributed by atoms with Crippen molar-refractivity contribution in [1.29, 1.82) is 0 Å². The molecule has 0 saturated carbocycles. The van der Waals surface area contributed by atoms with Crippen molar-refractivity contribution in [1.82, 2.24) is 9.97 Å². The fraction of sp³-hybridized carbons (Fsp3) is 0.353. The Kier molecular flexibility index (Phi) is 5.99. The number of carbonyl (C=O) groups excluding carboxylic acids is 1. The van der Waals surface area contributed by atoms with Crippen LogP contribution < -0.4 is 24.8 Å². The molecule has 134 valence electrons. The van der Waals surface area contributed by atoms with Crippen molar-refractivity contribution in [3.05, 3.63) is 29.6 Å². The lowest BCUT2D eigenvalue weighted by molar-refractivity contribution is -0.114. The third kappa shape index (κ3) is 4.72. The van der Waals surface area contributed by atoms with E-state index < -0.39 is 0 Å². The Balaban J connectivity index is 2.07. The smallest absolute Gasteiger partial charge is 0.243 e. The number of aromatic nitrogens is 2. The van der Waals surface area contributed by atoms with Gasteiger partial charge in [-0.1, -0.05) is 0 Å². The molecule has 0 atom stereocenters. The molecule has 0 fully saturated rings. The highest BCUT2D eigenvalue weighted by molar-refractivity contribution is 5.94. The van der Waals surface area contributed by atoms with Gasteiger partial charge in [0.05, 0.1) is 27.9 Å². The zero-order valence-corrected chi connectivity index (χ0v) is 15.0. The predicted octanol–water partition coefficient (Wildman–Crippen LogP) is 2.17. The topological polar surface area (TPSA) is 94.6 Å². The number of amides is 1. The maximum atomic E-state index is 12.2. The van der Waals surface area contributed by atoms with Crippen molar-refractivity contribution in [2.75, 3.05) is 38.5 Å². The number of nitrogens with one attached hydrogen (secondary N) is 2. The highest BCUT2D eigenvalue weighted by Gasteiger charge is 2.14. The molecule has 2 aromatic rings. The lowest BCUT2D eigenvalue weighted by Crippen LogP contribution is -2.23. The SMILES string of the molecule is COc1cc(NC(=O)CNc2nc(C)cc(C)n2)cc(OC)c1OC. The molecule has 0 saturated heterocycles. The van der Waals surface area contributed by atoms with Crippen molar-refractivity contribution in [3.63, 3.8) is 0 Å². The molecule has 0 radical (unpaired) electrons. The third-order valence-electron chi connectivity index (χ3n) is 3.34. The molecule has 0 aliphatic rings.